The van der Waals surface area contributed by atoms with Crippen molar-refractivity contribution in [3.8, 4) is 0 Å². The monoisotopic (exact) mass is 208 g/mol. The predicted molar refractivity (Wildman–Crippen MR) is 65.1 cm³/mol. The van der Waals surface area contributed by atoms with E-state index in [1.165, 1.54) is 44.2 Å². The van der Waals surface area contributed by atoms with Crippen molar-refractivity contribution >= 4 is 0 Å². The van der Waals surface area contributed by atoms with Crippen molar-refractivity contribution in [2.45, 2.75) is 65.8 Å². The molecule has 1 aromatic rings. The molecular weight excluding hydrogens is 184 g/mol. The number of rotatable bonds is 7. The molecule has 0 saturated carbocycles. The van der Waals surface area contributed by atoms with Crippen LogP contribution < -0.4 is 0 Å². The molecule has 0 aliphatic carbocycles. The molecule has 0 aliphatic heterocycles. The molecular formula is C13H24N2. The summed E-state index contributed by atoms with van der Waals surface area (Å²) in [5.74, 6) is 0. The van der Waals surface area contributed by atoms with Gasteiger partial charge in [-0.2, -0.15) is 5.10 Å². The number of hydrogen-bond acceptors (Lipinski definition) is 1. The van der Waals surface area contributed by atoms with Crippen molar-refractivity contribution < 1.29 is 0 Å². The first-order chi connectivity index (χ1) is 7.24. The van der Waals surface area contributed by atoms with Crippen LogP contribution in [0.2, 0.25) is 0 Å². The molecule has 0 N–H and O–H groups in total. The molecule has 0 aliphatic rings. The summed E-state index contributed by atoms with van der Waals surface area (Å²) in [4.78, 5) is 0. The van der Waals surface area contributed by atoms with Gasteiger partial charge in [0.15, 0.2) is 0 Å². The van der Waals surface area contributed by atoms with Gasteiger partial charge >= 0.3 is 0 Å². The van der Waals surface area contributed by atoms with E-state index in [0.717, 1.165) is 12.2 Å². The lowest BCUT2D eigenvalue weighted by Gasteiger charge is -2.04. The Labute approximate surface area is 93.7 Å². The third kappa shape index (κ3) is 4.50. The summed E-state index contributed by atoms with van der Waals surface area (Å²) in [6, 6.07) is 2.15. The topological polar surface area (TPSA) is 17.8 Å². The average Bonchev–Trinajstić information content (AvgIpc) is 2.51. The molecule has 1 aromatic heterocycles. The highest BCUT2D eigenvalue weighted by atomic mass is 15.3. The van der Waals surface area contributed by atoms with Crippen LogP contribution in [0.4, 0.5) is 0 Å². The van der Waals surface area contributed by atoms with E-state index in [4.69, 9.17) is 0 Å². The van der Waals surface area contributed by atoms with E-state index in [0.29, 0.717) is 0 Å². The Hall–Kier alpha value is -0.790. The molecule has 0 fully saturated rings. The number of aromatic nitrogens is 2. The zero-order valence-corrected chi connectivity index (χ0v) is 10.4. The number of unbranched alkanes of at least 4 members (excludes halogenated alkanes) is 5. The Morgan fingerprint density at radius 1 is 1.07 bits per heavy atom. The summed E-state index contributed by atoms with van der Waals surface area (Å²) in [5.41, 5.74) is 2.43. The molecule has 1 rings (SSSR count). The van der Waals surface area contributed by atoms with Crippen molar-refractivity contribution in [3.63, 3.8) is 0 Å². The Morgan fingerprint density at radius 3 is 2.33 bits per heavy atom. The molecule has 2 nitrogen and oxygen atoms in total. The Kier molecular flexibility index (Phi) is 5.44. The van der Waals surface area contributed by atoms with Gasteiger partial charge in [-0.3, -0.25) is 4.68 Å². The fourth-order valence-electron chi connectivity index (χ4n) is 1.94. The highest BCUT2D eigenvalue weighted by molar-refractivity contribution is 5.06. The molecule has 0 aromatic carbocycles. The third-order valence-electron chi connectivity index (χ3n) is 2.83. The number of aryl methyl sites for hydroxylation is 3. The van der Waals surface area contributed by atoms with Crippen molar-refractivity contribution in [2.75, 3.05) is 0 Å². The highest BCUT2D eigenvalue weighted by Gasteiger charge is 1.99. The Balaban J connectivity index is 2.12. The second-order valence-electron chi connectivity index (χ2n) is 4.42. The highest BCUT2D eigenvalue weighted by Crippen LogP contribution is 2.08. The molecule has 0 saturated heterocycles. The predicted octanol–water partition coefficient (Wildman–Crippen LogP) is 3.86. The summed E-state index contributed by atoms with van der Waals surface area (Å²) in [7, 11) is 0. The molecule has 0 radical (unpaired) electrons. The van der Waals surface area contributed by atoms with Crippen molar-refractivity contribution in [3.05, 3.63) is 17.5 Å². The molecule has 15 heavy (non-hydrogen) atoms. The smallest absolute Gasteiger partial charge is 0.0596 e. The zero-order chi connectivity index (χ0) is 11.1. The van der Waals surface area contributed by atoms with Gasteiger partial charge in [0.05, 0.1) is 5.69 Å². The Morgan fingerprint density at radius 2 is 1.73 bits per heavy atom. The lowest BCUT2D eigenvalue weighted by molar-refractivity contribution is 0.518. The van der Waals surface area contributed by atoms with Crippen molar-refractivity contribution in [1.29, 1.82) is 0 Å². The van der Waals surface area contributed by atoms with Gasteiger partial charge in [-0.15, -0.1) is 0 Å². The summed E-state index contributed by atoms with van der Waals surface area (Å²) in [5, 5.41) is 4.46. The fraction of sp³-hybridized carbons (Fsp3) is 0.769. The van der Waals surface area contributed by atoms with Crippen LogP contribution in [0.5, 0.6) is 0 Å². The largest absolute Gasteiger partial charge is 0.270 e. The van der Waals surface area contributed by atoms with Gasteiger partial charge < -0.3 is 0 Å². The standard InChI is InChI=1S/C13H24N2/c1-4-5-6-7-8-9-10-15-13(3)11-12(2)14-15/h11H,4-10H2,1-3H3. The second-order valence-corrected chi connectivity index (χ2v) is 4.42. The van der Waals surface area contributed by atoms with Crippen LogP contribution in [0.25, 0.3) is 0 Å². The maximum absolute atomic E-state index is 4.46. The summed E-state index contributed by atoms with van der Waals surface area (Å²) in [6.45, 7) is 7.55. The molecule has 1 heterocycles. The third-order valence-corrected chi connectivity index (χ3v) is 2.83. The summed E-state index contributed by atoms with van der Waals surface area (Å²) >= 11 is 0. The SMILES string of the molecule is CCCCCCCCn1nc(C)cc1C. The lowest BCUT2D eigenvalue weighted by atomic mass is 10.1. The van der Waals surface area contributed by atoms with Crippen LogP contribution in [0, 0.1) is 13.8 Å². The van der Waals surface area contributed by atoms with E-state index in [-0.39, 0.29) is 0 Å². The van der Waals surface area contributed by atoms with Crippen LogP contribution in [-0.2, 0) is 6.54 Å². The first kappa shape index (κ1) is 12.3. The first-order valence-electron chi connectivity index (χ1n) is 6.25. The van der Waals surface area contributed by atoms with Gasteiger partial charge in [0.25, 0.3) is 0 Å². The minimum absolute atomic E-state index is 1.09. The van der Waals surface area contributed by atoms with E-state index < -0.39 is 0 Å². The minimum atomic E-state index is 1.09. The number of nitrogens with zero attached hydrogens (tertiary/aromatic N) is 2. The molecule has 86 valence electrons. The van der Waals surface area contributed by atoms with E-state index in [1.807, 2.05) is 0 Å². The molecule has 0 unspecified atom stereocenters. The second kappa shape index (κ2) is 6.65. The van der Waals surface area contributed by atoms with Crippen LogP contribution in [0.1, 0.15) is 56.8 Å². The van der Waals surface area contributed by atoms with Crippen molar-refractivity contribution in [1.82, 2.24) is 9.78 Å². The van der Waals surface area contributed by atoms with Gasteiger partial charge in [0.2, 0.25) is 0 Å². The average molecular weight is 208 g/mol. The van der Waals surface area contributed by atoms with Gasteiger partial charge in [0, 0.05) is 12.2 Å². The Bertz CT molecular complexity index is 276. The fourth-order valence-corrected chi connectivity index (χ4v) is 1.94. The van der Waals surface area contributed by atoms with Gasteiger partial charge in [-0.25, -0.2) is 0 Å². The molecule has 0 amide bonds. The molecule has 0 spiro atoms. The van der Waals surface area contributed by atoms with Crippen LogP contribution in [0.3, 0.4) is 0 Å². The molecule has 0 atom stereocenters. The minimum Gasteiger partial charge on any atom is -0.270 e. The summed E-state index contributed by atoms with van der Waals surface area (Å²) < 4.78 is 2.13. The quantitative estimate of drug-likeness (QED) is 0.622. The maximum atomic E-state index is 4.46. The maximum Gasteiger partial charge on any atom is 0.0596 e. The zero-order valence-electron chi connectivity index (χ0n) is 10.4. The van der Waals surface area contributed by atoms with Crippen LogP contribution >= 0.6 is 0 Å². The first-order valence-corrected chi connectivity index (χ1v) is 6.25. The normalized spacial score (nSPS) is 10.9. The molecule has 2 heteroatoms. The van der Waals surface area contributed by atoms with Crippen LogP contribution in [-0.4, -0.2) is 9.78 Å². The van der Waals surface area contributed by atoms with E-state index in [9.17, 15) is 0 Å². The van der Waals surface area contributed by atoms with E-state index in [2.05, 4.69) is 36.6 Å². The van der Waals surface area contributed by atoms with Gasteiger partial charge in [0.1, 0.15) is 0 Å². The number of hydrogen-bond donors (Lipinski definition) is 0. The van der Waals surface area contributed by atoms with E-state index >= 15 is 0 Å². The summed E-state index contributed by atoms with van der Waals surface area (Å²) in [6.07, 6.45) is 8.11. The van der Waals surface area contributed by atoms with Crippen LogP contribution in [0.15, 0.2) is 6.07 Å². The lowest BCUT2D eigenvalue weighted by Crippen LogP contribution is -2.02. The molecule has 0 bridgehead atoms. The van der Waals surface area contributed by atoms with E-state index in [1.54, 1.807) is 0 Å². The van der Waals surface area contributed by atoms with Crippen molar-refractivity contribution in [2.24, 2.45) is 0 Å². The van der Waals surface area contributed by atoms with Gasteiger partial charge in [-0.1, -0.05) is 39.0 Å². The van der Waals surface area contributed by atoms with Gasteiger partial charge in [-0.05, 0) is 26.3 Å².